The topological polar surface area (TPSA) is 46.9 Å². The monoisotopic (exact) mass is 329 g/mol. The van der Waals surface area contributed by atoms with Crippen molar-refractivity contribution >= 4 is 27.5 Å². The molecule has 2 aromatic rings. The Labute approximate surface area is 116 Å². The number of hydrogen-bond donors (Lipinski definition) is 1. The molecular formula is C12H10BrF2N3O. The van der Waals surface area contributed by atoms with Crippen LogP contribution in [0.5, 0.6) is 0 Å². The van der Waals surface area contributed by atoms with Gasteiger partial charge in [-0.05, 0) is 19.1 Å². The quantitative estimate of drug-likeness (QED) is 0.920. The summed E-state index contributed by atoms with van der Waals surface area (Å²) in [4.78, 5) is 11.9. The summed E-state index contributed by atoms with van der Waals surface area (Å²) in [7, 11) is 1.66. The van der Waals surface area contributed by atoms with Crippen LogP contribution in [0.4, 0.5) is 14.5 Å². The number of carbonyl (C=O) groups excluding carboxylic acids is 1. The molecule has 0 spiro atoms. The Hall–Kier alpha value is -1.76. The van der Waals surface area contributed by atoms with Gasteiger partial charge in [0.1, 0.15) is 5.69 Å². The third-order valence-electron chi connectivity index (χ3n) is 2.50. The zero-order valence-corrected chi connectivity index (χ0v) is 11.8. The first-order valence-electron chi connectivity index (χ1n) is 5.34. The lowest BCUT2D eigenvalue weighted by Crippen LogP contribution is -2.14. The lowest BCUT2D eigenvalue weighted by molar-refractivity contribution is 0.102. The van der Waals surface area contributed by atoms with Crippen molar-refractivity contribution in [3.05, 3.63) is 45.7 Å². The van der Waals surface area contributed by atoms with E-state index in [1.165, 1.54) is 10.9 Å². The van der Waals surface area contributed by atoms with E-state index >= 15 is 0 Å². The number of nitrogens with one attached hydrogen (secondary N) is 1. The summed E-state index contributed by atoms with van der Waals surface area (Å²) < 4.78 is 28.9. The molecule has 0 aliphatic rings. The summed E-state index contributed by atoms with van der Waals surface area (Å²) in [6.45, 7) is 1.64. The number of aromatic nitrogens is 2. The molecule has 0 atom stereocenters. The fraction of sp³-hybridized carbons (Fsp3) is 0.167. The average Bonchev–Trinajstić information content (AvgIpc) is 2.62. The van der Waals surface area contributed by atoms with Crippen LogP contribution in [0.15, 0.2) is 22.8 Å². The average molecular weight is 330 g/mol. The minimum Gasteiger partial charge on any atom is -0.317 e. The second-order valence-electron chi connectivity index (χ2n) is 4.00. The zero-order chi connectivity index (χ0) is 14.2. The molecule has 1 N–H and O–H groups in total. The standard InChI is InChI=1S/C12H10BrF2N3O/c1-6-8(5-18(2)17-6)12(19)16-11-9(14)3-7(13)4-10(11)15/h3-5H,1-2H3,(H,16,19). The lowest BCUT2D eigenvalue weighted by Gasteiger charge is -2.07. The van der Waals surface area contributed by atoms with E-state index in [4.69, 9.17) is 0 Å². The molecule has 0 bridgehead atoms. The molecule has 7 heteroatoms. The van der Waals surface area contributed by atoms with Gasteiger partial charge < -0.3 is 5.32 Å². The predicted molar refractivity (Wildman–Crippen MR) is 70.0 cm³/mol. The minimum atomic E-state index is -0.846. The number of halogens is 3. The fourth-order valence-electron chi connectivity index (χ4n) is 1.67. The van der Waals surface area contributed by atoms with Gasteiger partial charge in [0.05, 0.1) is 11.3 Å². The number of carbonyl (C=O) groups is 1. The third-order valence-corrected chi connectivity index (χ3v) is 2.96. The first-order valence-corrected chi connectivity index (χ1v) is 6.14. The number of nitrogens with zero attached hydrogens (tertiary/aromatic N) is 2. The Morgan fingerprint density at radius 2 is 1.95 bits per heavy atom. The fourth-order valence-corrected chi connectivity index (χ4v) is 2.07. The van der Waals surface area contributed by atoms with Crippen molar-refractivity contribution in [1.29, 1.82) is 0 Å². The van der Waals surface area contributed by atoms with Crippen LogP contribution in [-0.4, -0.2) is 15.7 Å². The highest BCUT2D eigenvalue weighted by molar-refractivity contribution is 9.10. The number of aryl methyl sites for hydroxylation is 2. The molecule has 1 amide bonds. The zero-order valence-electron chi connectivity index (χ0n) is 10.2. The second kappa shape index (κ2) is 5.08. The van der Waals surface area contributed by atoms with Gasteiger partial charge >= 0.3 is 0 Å². The molecule has 1 aromatic carbocycles. The maximum atomic E-state index is 13.6. The van der Waals surface area contributed by atoms with Crippen molar-refractivity contribution in [3.8, 4) is 0 Å². The Morgan fingerprint density at radius 1 is 1.37 bits per heavy atom. The van der Waals surface area contributed by atoms with Crippen LogP contribution in [0.25, 0.3) is 0 Å². The number of hydrogen-bond acceptors (Lipinski definition) is 2. The van der Waals surface area contributed by atoms with E-state index in [9.17, 15) is 13.6 Å². The molecule has 0 aliphatic heterocycles. The van der Waals surface area contributed by atoms with Crippen LogP contribution in [0.3, 0.4) is 0 Å². The molecule has 19 heavy (non-hydrogen) atoms. The van der Waals surface area contributed by atoms with Crippen LogP contribution in [0, 0.1) is 18.6 Å². The van der Waals surface area contributed by atoms with Crippen molar-refractivity contribution in [3.63, 3.8) is 0 Å². The van der Waals surface area contributed by atoms with Gasteiger partial charge in [-0.25, -0.2) is 8.78 Å². The van der Waals surface area contributed by atoms with Crippen molar-refractivity contribution in [1.82, 2.24) is 9.78 Å². The Bertz CT molecular complexity index is 631. The molecule has 0 fully saturated rings. The van der Waals surface area contributed by atoms with Gasteiger partial charge in [-0.3, -0.25) is 9.48 Å². The van der Waals surface area contributed by atoms with Crippen LogP contribution in [-0.2, 0) is 7.05 Å². The van der Waals surface area contributed by atoms with E-state index in [2.05, 4.69) is 26.3 Å². The maximum Gasteiger partial charge on any atom is 0.259 e. The molecule has 0 aliphatic carbocycles. The van der Waals surface area contributed by atoms with E-state index in [0.29, 0.717) is 5.69 Å². The number of amides is 1. The Balaban J connectivity index is 2.32. The van der Waals surface area contributed by atoms with Gasteiger partial charge in [-0.1, -0.05) is 15.9 Å². The van der Waals surface area contributed by atoms with Gasteiger partial charge in [0.2, 0.25) is 0 Å². The summed E-state index contributed by atoms with van der Waals surface area (Å²) in [6, 6.07) is 2.16. The van der Waals surface area contributed by atoms with Crippen LogP contribution >= 0.6 is 15.9 Å². The van der Waals surface area contributed by atoms with E-state index < -0.39 is 23.2 Å². The molecular weight excluding hydrogens is 320 g/mol. The van der Waals surface area contributed by atoms with Crippen molar-refractivity contribution in [2.75, 3.05) is 5.32 Å². The first kappa shape index (κ1) is 13.7. The molecule has 1 aromatic heterocycles. The van der Waals surface area contributed by atoms with Crippen LogP contribution in [0.1, 0.15) is 16.1 Å². The molecule has 0 saturated carbocycles. The molecule has 0 unspecified atom stereocenters. The summed E-state index contributed by atoms with van der Waals surface area (Å²) in [5.74, 6) is -2.30. The first-order chi connectivity index (χ1) is 8.88. The van der Waals surface area contributed by atoms with Crippen molar-refractivity contribution in [2.45, 2.75) is 6.92 Å². The summed E-state index contributed by atoms with van der Waals surface area (Å²) in [5.41, 5.74) is 0.276. The predicted octanol–water partition coefficient (Wildman–Crippen LogP) is 3.02. The number of benzene rings is 1. The van der Waals surface area contributed by atoms with Crippen molar-refractivity contribution < 1.29 is 13.6 Å². The van der Waals surface area contributed by atoms with Crippen LogP contribution in [0.2, 0.25) is 0 Å². The number of rotatable bonds is 2. The maximum absolute atomic E-state index is 13.6. The SMILES string of the molecule is Cc1nn(C)cc1C(=O)Nc1c(F)cc(Br)cc1F. The summed E-state index contributed by atoms with van der Waals surface area (Å²) in [5, 5.41) is 6.21. The van der Waals surface area contributed by atoms with Gasteiger partial charge in [0, 0.05) is 17.7 Å². The van der Waals surface area contributed by atoms with E-state index in [1.54, 1.807) is 14.0 Å². The highest BCUT2D eigenvalue weighted by Gasteiger charge is 2.17. The molecule has 2 rings (SSSR count). The van der Waals surface area contributed by atoms with Gasteiger partial charge in [0.15, 0.2) is 11.6 Å². The molecule has 4 nitrogen and oxygen atoms in total. The minimum absolute atomic E-state index is 0.262. The third kappa shape index (κ3) is 2.81. The molecule has 0 radical (unpaired) electrons. The molecule has 0 saturated heterocycles. The van der Waals surface area contributed by atoms with Crippen LogP contribution < -0.4 is 5.32 Å². The van der Waals surface area contributed by atoms with E-state index in [0.717, 1.165) is 12.1 Å². The molecule has 1 heterocycles. The summed E-state index contributed by atoms with van der Waals surface area (Å²) in [6.07, 6.45) is 1.49. The Kier molecular flexibility index (Phi) is 3.66. The Morgan fingerprint density at radius 3 is 2.42 bits per heavy atom. The highest BCUT2D eigenvalue weighted by atomic mass is 79.9. The normalized spacial score (nSPS) is 10.6. The van der Waals surface area contributed by atoms with Crippen molar-refractivity contribution in [2.24, 2.45) is 7.05 Å². The van der Waals surface area contributed by atoms with Gasteiger partial charge in [-0.2, -0.15) is 5.10 Å². The lowest BCUT2D eigenvalue weighted by atomic mass is 10.2. The highest BCUT2D eigenvalue weighted by Crippen LogP contribution is 2.24. The largest absolute Gasteiger partial charge is 0.317 e. The summed E-state index contributed by atoms with van der Waals surface area (Å²) >= 11 is 2.97. The van der Waals surface area contributed by atoms with Gasteiger partial charge in [0.25, 0.3) is 5.91 Å². The van der Waals surface area contributed by atoms with E-state index in [1.807, 2.05) is 0 Å². The smallest absolute Gasteiger partial charge is 0.259 e. The number of anilines is 1. The second-order valence-corrected chi connectivity index (χ2v) is 4.92. The van der Waals surface area contributed by atoms with Gasteiger partial charge in [-0.15, -0.1) is 0 Å². The molecule has 100 valence electrons. The van der Waals surface area contributed by atoms with E-state index in [-0.39, 0.29) is 10.0 Å².